The van der Waals surface area contributed by atoms with Gasteiger partial charge in [-0.3, -0.25) is 4.98 Å². The minimum absolute atomic E-state index is 0.0793. The predicted molar refractivity (Wildman–Crippen MR) is 392 cm³/mol. The first-order chi connectivity index (χ1) is 47.1. The third-order valence-electron chi connectivity index (χ3n) is 20.8. The van der Waals surface area contributed by atoms with Gasteiger partial charge in [0.1, 0.15) is 27.8 Å². The van der Waals surface area contributed by atoms with Gasteiger partial charge in [0.05, 0.1) is 38.8 Å². The Kier molecular flexibility index (Phi) is 11.4. The van der Waals surface area contributed by atoms with E-state index in [1.165, 1.54) is 88.1 Å². The lowest BCUT2D eigenvalue weighted by Gasteiger charge is -2.21. The second kappa shape index (κ2) is 20.1. The molecule has 0 N–H and O–H groups in total. The Morgan fingerprint density at radius 2 is 0.802 bits per heavy atom. The summed E-state index contributed by atoms with van der Waals surface area (Å²) in [6, 6.07) is 91.2. The average molecular weight is 1230 g/mol. The number of hydrogen-bond donors (Lipinski definition) is 0. The largest absolute Gasteiger partial charge is 0.455 e. The molecular formula is C87H57N7O2. The highest BCUT2D eigenvalue weighted by Crippen LogP contribution is 2.53. The van der Waals surface area contributed by atoms with E-state index in [4.69, 9.17) is 18.8 Å². The number of hydrogen-bond acceptors (Lipinski definition) is 7. The molecule has 452 valence electrons. The molecule has 19 aromatic rings. The molecule has 7 aromatic heterocycles. The Labute approximate surface area is 550 Å². The molecule has 0 saturated carbocycles. The molecule has 7 heterocycles. The molecule has 0 saturated heterocycles. The average Bonchev–Trinajstić information content (AvgIpc) is 1.56. The van der Waals surface area contributed by atoms with Crippen LogP contribution in [0.4, 0.5) is 0 Å². The van der Waals surface area contributed by atoms with Gasteiger partial charge in [-0.25, -0.2) is 19.9 Å². The summed E-state index contributed by atoms with van der Waals surface area (Å²) in [6.07, 6.45) is 5.16. The molecule has 12 aromatic carbocycles. The van der Waals surface area contributed by atoms with Crippen molar-refractivity contribution >= 4 is 110 Å². The molecule has 0 radical (unpaired) electrons. The Morgan fingerprint density at radius 3 is 1.42 bits per heavy atom. The van der Waals surface area contributed by atoms with E-state index in [9.17, 15) is 0 Å². The highest BCUT2D eigenvalue weighted by atomic mass is 16.3. The SMILES string of the molecule is CC1(C)c2ccccc2-c2cc3c4ccccc4n(-c4ccc5oc6c(-c7ccnc8nccnc78)cccc6c5c4)c3cc21.CC1(C)c2ccccc2-c2cc3c4ccccc4n(-c4ccc5oc6c(-c7nc(-c8ccccc8)c8ccccc8n7)cccc6c5c4)c3cc21. The molecule has 0 unspecified atom stereocenters. The summed E-state index contributed by atoms with van der Waals surface area (Å²) in [6.45, 7) is 9.38. The topological polar surface area (TPSA) is 101 Å². The quantitative estimate of drug-likeness (QED) is 0.169. The highest BCUT2D eigenvalue weighted by Gasteiger charge is 2.38. The van der Waals surface area contributed by atoms with Crippen LogP contribution in [0.3, 0.4) is 0 Å². The second-order valence-corrected chi connectivity index (χ2v) is 26.7. The third-order valence-corrected chi connectivity index (χ3v) is 20.8. The maximum atomic E-state index is 6.68. The number of pyridine rings is 1. The Hall–Kier alpha value is -12.3. The number of nitrogens with zero attached hydrogens (tertiary/aromatic N) is 7. The zero-order chi connectivity index (χ0) is 63.7. The number of fused-ring (bicyclic) bond motifs is 20. The highest BCUT2D eigenvalue weighted by molar-refractivity contribution is 6.16. The predicted octanol–water partition coefficient (Wildman–Crippen LogP) is 22.3. The van der Waals surface area contributed by atoms with Crippen LogP contribution in [-0.2, 0) is 10.8 Å². The van der Waals surface area contributed by atoms with E-state index >= 15 is 0 Å². The normalized spacial score (nSPS) is 13.6. The van der Waals surface area contributed by atoms with Crippen LogP contribution in [0.2, 0.25) is 0 Å². The monoisotopic (exact) mass is 1230 g/mol. The molecule has 0 bridgehead atoms. The molecule has 96 heavy (non-hydrogen) atoms. The van der Waals surface area contributed by atoms with Crippen LogP contribution in [0.25, 0.3) is 177 Å². The fraction of sp³-hybridized carbons (Fsp3) is 0.0690. The van der Waals surface area contributed by atoms with Crippen molar-refractivity contribution in [2.45, 2.75) is 38.5 Å². The van der Waals surface area contributed by atoms with Gasteiger partial charge >= 0.3 is 0 Å². The summed E-state index contributed by atoms with van der Waals surface area (Å²) in [5, 5.41) is 10.3. The molecule has 2 aliphatic carbocycles. The first-order valence-electron chi connectivity index (χ1n) is 32.8. The number of furan rings is 2. The van der Waals surface area contributed by atoms with Crippen LogP contribution in [0.1, 0.15) is 49.9 Å². The van der Waals surface area contributed by atoms with Crippen LogP contribution in [0, 0.1) is 0 Å². The maximum absolute atomic E-state index is 6.68. The van der Waals surface area contributed by atoms with Gasteiger partial charge in [-0.05, 0) is 136 Å². The summed E-state index contributed by atoms with van der Waals surface area (Å²) >= 11 is 0. The van der Waals surface area contributed by atoms with E-state index in [1.54, 1.807) is 18.6 Å². The maximum Gasteiger partial charge on any atom is 0.178 e. The first-order valence-corrected chi connectivity index (χ1v) is 32.8. The molecule has 0 atom stereocenters. The summed E-state index contributed by atoms with van der Waals surface area (Å²) in [4.78, 5) is 23.7. The second-order valence-electron chi connectivity index (χ2n) is 26.7. The lowest BCUT2D eigenvalue weighted by molar-refractivity contribution is 0.661. The first kappa shape index (κ1) is 54.2. The fourth-order valence-corrected chi connectivity index (χ4v) is 16.2. The smallest absolute Gasteiger partial charge is 0.178 e. The zero-order valence-corrected chi connectivity index (χ0v) is 52.9. The molecule has 0 amide bonds. The van der Waals surface area contributed by atoms with Gasteiger partial charge in [0.15, 0.2) is 11.5 Å². The van der Waals surface area contributed by atoms with Crippen LogP contribution in [-0.4, -0.2) is 34.1 Å². The summed E-state index contributed by atoms with van der Waals surface area (Å²) in [5.41, 5.74) is 28.1. The molecule has 9 heteroatoms. The van der Waals surface area contributed by atoms with Crippen LogP contribution in [0.5, 0.6) is 0 Å². The van der Waals surface area contributed by atoms with Crippen molar-refractivity contribution in [2.24, 2.45) is 0 Å². The standard InChI is InChI=1S/C47H31N3O.C40H26N4O/c1-47(2)38-20-9-6-15-30(38)35-26-36-31-16-8-11-22-41(31)50(42(36)27-39(35)47)29-23-24-43-37(25-29)32-18-12-19-34(45(32)51-43)46-48-40-21-10-7-17-33(40)44(49-46)28-13-4-3-5-14-28;1-40(2)32-12-5-3-8-24(32)29-21-30-25-9-4-6-13-34(25)44(35(30)22-33(29)40)23-14-15-36-31(20-23)28-11-7-10-27(38(28)45-36)26-16-17-42-39-37(26)41-18-19-43-39/h3-27H,1-2H3;3-22H,1-2H3. The molecule has 0 fully saturated rings. The van der Waals surface area contributed by atoms with Crippen molar-refractivity contribution in [1.82, 2.24) is 34.1 Å². The van der Waals surface area contributed by atoms with Crippen molar-refractivity contribution in [3.63, 3.8) is 0 Å². The molecular weight excluding hydrogens is 1180 g/mol. The number of para-hydroxylation sites is 5. The van der Waals surface area contributed by atoms with Gasteiger partial charge in [-0.1, -0.05) is 191 Å². The van der Waals surface area contributed by atoms with Gasteiger partial charge in [0, 0.05) is 106 Å². The zero-order valence-electron chi connectivity index (χ0n) is 52.9. The van der Waals surface area contributed by atoms with Gasteiger partial charge in [-0.2, -0.15) is 0 Å². The van der Waals surface area contributed by atoms with Crippen LogP contribution >= 0.6 is 0 Å². The van der Waals surface area contributed by atoms with E-state index in [1.807, 2.05) is 36.4 Å². The molecule has 21 rings (SSSR count). The van der Waals surface area contributed by atoms with E-state index in [-0.39, 0.29) is 10.8 Å². The van der Waals surface area contributed by atoms with Crippen LogP contribution < -0.4 is 0 Å². The minimum atomic E-state index is -0.0896. The van der Waals surface area contributed by atoms with E-state index in [0.29, 0.717) is 11.5 Å². The summed E-state index contributed by atoms with van der Waals surface area (Å²) in [7, 11) is 0. The van der Waals surface area contributed by atoms with Crippen molar-refractivity contribution in [1.29, 1.82) is 0 Å². The third kappa shape index (κ3) is 7.76. The van der Waals surface area contributed by atoms with E-state index < -0.39 is 0 Å². The van der Waals surface area contributed by atoms with E-state index in [2.05, 4.69) is 270 Å². The number of rotatable bonds is 5. The Balaban J connectivity index is 0.000000132. The molecule has 9 nitrogen and oxygen atoms in total. The van der Waals surface area contributed by atoms with Gasteiger partial charge in [0.2, 0.25) is 0 Å². The molecule has 0 spiro atoms. The van der Waals surface area contributed by atoms with Crippen molar-refractivity contribution < 1.29 is 8.83 Å². The van der Waals surface area contributed by atoms with Gasteiger partial charge in [0.25, 0.3) is 0 Å². The lowest BCUT2D eigenvalue weighted by Crippen LogP contribution is -2.14. The summed E-state index contributed by atoms with van der Waals surface area (Å²) in [5.74, 6) is 0.650. The van der Waals surface area contributed by atoms with Crippen molar-refractivity contribution in [3.05, 3.63) is 296 Å². The van der Waals surface area contributed by atoms with Crippen molar-refractivity contribution in [2.75, 3.05) is 0 Å². The Bertz CT molecular complexity index is 6540. The lowest BCUT2D eigenvalue weighted by atomic mass is 9.82. The fourth-order valence-electron chi connectivity index (χ4n) is 16.2. The number of aromatic nitrogens is 7. The molecule has 2 aliphatic rings. The van der Waals surface area contributed by atoms with Gasteiger partial charge < -0.3 is 18.0 Å². The Morgan fingerprint density at radius 1 is 0.312 bits per heavy atom. The molecule has 0 aliphatic heterocycles. The minimum Gasteiger partial charge on any atom is -0.455 e. The number of benzene rings is 12. The van der Waals surface area contributed by atoms with Gasteiger partial charge in [-0.15, -0.1) is 0 Å². The van der Waals surface area contributed by atoms with Crippen molar-refractivity contribution in [3.8, 4) is 67.4 Å². The summed E-state index contributed by atoms with van der Waals surface area (Å²) < 4.78 is 18.1. The van der Waals surface area contributed by atoms with E-state index in [0.717, 1.165) is 99.6 Å². The van der Waals surface area contributed by atoms with Crippen LogP contribution in [0.15, 0.2) is 282 Å².